The first-order valence-corrected chi connectivity index (χ1v) is 8.79. The van der Waals surface area contributed by atoms with E-state index in [0.29, 0.717) is 24.9 Å². The zero-order valence-corrected chi connectivity index (χ0v) is 15.6. The third-order valence-electron chi connectivity index (χ3n) is 4.52. The average Bonchev–Trinajstić information content (AvgIpc) is 3.02. The van der Waals surface area contributed by atoms with E-state index >= 15 is 0 Å². The number of carbonyl (C=O) groups is 1. The lowest BCUT2D eigenvalue weighted by atomic mass is 9.95. The molecule has 1 aromatic carbocycles. The molecule has 1 aliphatic carbocycles. The number of rotatable bonds is 8. The van der Waals surface area contributed by atoms with Gasteiger partial charge >= 0.3 is 0 Å². The molecule has 0 aromatic heterocycles. The number of amides is 1. The van der Waals surface area contributed by atoms with E-state index in [1.54, 1.807) is 0 Å². The number of halogens is 1. The third-order valence-corrected chi connectivity index (χ3v) is 4.52. The molecule has 2 atom stereocenters. The van der Waals surface area contributed by atoms with E-state index in [1.807, 2.05) is 12.1 Å². The van der Waals surface area contributed by atoms with Crippen LogP contribution in [0.3, 0.4) is 0 Å². The Labute approximate surface area is 151 Å². The highest BCUT2D eigenvalue weighted by atomic mass is 35.5. The van der Waals surface area contributed by atoms with Gasteiger partial charge in [0, 0.05) is 12.5 Å². The minimum atomic E-state index is 0. The maximum atomic E-state index is 12.2. The topological polar surface area (TPSA) is 64.3 Å². The molecule has 24 heavy (non-hydrogen) atoms. The average molecular weight is 355 g/mol. The van der Waals surface area contributed by atoms with Crippen molar-refractivity contribution in [2.24, 2.45) is 23.5 Å². The van der Waals surface area contributed by atoms with Crippen LogP contribution in [0.25, 0.3) is 0 Å². The van der Waals surface area contributed by atoms with Crippen LogP contribution >= 0.6 is 12.4 Å². The summed E-state index contributed by atoms with van der Waals surface area (Å²) in [6.45, 7) is 6.31. The van der Waals surface area contributed by atoms with Crippen LogP contribution in [0.5, 0.6) is 5.75 Å². The lowest BCUT2D eigenvalue weighted by Crippen LogP contribution is -2.36. The monoisotopic (exact) mass is 354 g/mol. The van der Waals surface area contributed by atoms with Crippen molar-refractivity contribution in [3.05, 3.63) is 29.8 Å². The summed E-state index contributed by atoms with van der Waals surface area (Å²) >= 11 is 0. The summed E-state index contributed by atoms with van der Waals surface area (Å²) in [4.78, 5) is 12.2. The quantitative estimate of drug-likeness (QED) is 0.753. The molecule has 0 aliphatic heterocycles. The molecule has 1 aliphatic rings. The number of carbonyl (C=O) groups excluding carboxylic acids is 1. The van der Waals surface area contributed by atoms with Gasteiger partial charge in [-0.15, -0.1) is 12.4 Å². The maximum absolute atomic E-state index is 12.2. The summed E-state index contributed by atoms with van der Waals surface area (Å²) < 4.78 is 5.68. The predicted octanol–water partition coefficient (Wildman–Crippen LogP) is 3.18. The Balaban J connectivity index is 0.00000288. The van der Waals surface area contributed by atoms with E-state index in [9.17, 15) is 4.79 Å². The highest BCUT2D eigenvalue weighted by Crippen LogP contribution is 2.30. The predicted molar refractivity (Wildman–Crippen MR) is 101 cm³/mol. The van der Waals surface area contributed by atoms with Crippen LogP contribution in [0.2, 0.25) is 0 Å². The van der Waals surface area contributed by atoms with Gasteiger partial charge in [0.1, 0.15) is 5.75 Å². The van der Waals surface area contributed by atoms with Gasteiger partial charge in [0.25, 0.3) is 0 Å². The number of nitrogens with one attached hydrogen (secondary N) is 1. The lowest BCUT2D eigenvalue weighted by molar-refractivity contribution is -0.125. The molecule has 0 radical (unpaired) electrons. The molecule has 2 rings (SSSR count). The van der Waals surface area contributed by atoms with Crippen LogP contribution in [0.1, 0.15) is 38.7 Å². The summed E-state index contributed by atoms with van der Waals surface area (Å²) in [6.07, 6.45) is 4.04. The fourth-order valence-electron chi connectivity index (χ4n) is 3.14. The van der Waals surface area contributed by atoms with Crippen LogP contribution in [0.4, 0.5) is 0 Å². The van der Waals surface area contributed by atoms with Crippen molar-refractivity contribution in [2.45, 2.75) is 39.5 Å². The Hall–Kier alpha value is -1.26. The second-order valence-electron chi connectivity index (χ2n) is 6.92. The Bertz CT molecular complexity index is 491. The molecular formula is C19H31ClN2O2. The molecular weight excluding hydrogens is 324 g/mol. The number of benzene rings is 1. The number of hydrogen-bond donors (Lipinski definition) is 2. The molecule has 0 heterocycles. The van der Waals surface area contributed by atoms with Crippen molar-refractivity contribution in [3.63, 3.8) is 0 Å². The van der Waals surface area contributed by atoms with E-state index in [1.165, 1.54) is 5.56 Å². The van der Waals surface area contributed by atoms with Crippen LogP contribution in [0.15, 0.2) is 24.3 Å². The normalized spacial score (nSPS) is 19.8. The largest absolute Gasteiger partial charge is 0.493 e. The van der Waals surface area contributed by atoms with Crippen molar-refractivity contribution in [3.8, 4) is 5.75 Å². The molecule has 1 fully saturated rings. The first-order valence-electron chi connectivity index (χ1n) is 8.79. The van der Waals surface area contributed by atoms with E-state index < -0.39 is 0 Å². The first kappa shape index (κ1) is 20.8. The van der Waals surface area contributed by atoms with Gasteiger partial charge in [-0.2, -0.15) is 0 Å². The summed E-state index contributed by atoms with van der Waals surface area (Å²) in [7, 11) is 0. The van der Waals surface area contributed by atoms with Gasteiger partial charge in [-0.25, -0.2) is 0 Å². The van der Waals surface area contributed by atoms with Gasteiger partial charge in [-0.05, 0) is 55.3 Å². The Kier molecular flexibility index (Phi) is 9.16. The molecule has 0 saturated heterocycles. The zero-order valence-electron chi connectivity index (χ0n) is 14.8. The van der Waals surface area contributed by atoms with Crippen molar-refractivity contribution < 1.29 is 9.53 Å². The van der Waals surface area contributed by atoms with Crippen LogP contribution < -0.4 is 15.8 Å². The van der Waals surface area contributed by atoms with Crippen molar-refractivity contribution in [2.75, 3.05) is 19.7 Å². The smallest absolute Gasteiger partial charge is 0.223 e. The molecule has 1 amide bonds. The fraction of sp³-hybridized carbons (Fsp3) is 0.632. The highest BCUT2D eigenvalue weighted by molar-refractivity contribution is 5.85. The van der Waals surface area contributed by atoms with Crippen molar-refractivity contribution >= 4 is 18.3 Å². The van der Waals surface area contributed by atoms with Crippen LogP contribution in [-0.2, 0) is 11.2 Å². The highest BCUT2D eigenvalue weighted by Gasteiger charge is 2.31. The second kappa shape index (κ2) is 10.6. The summed E-state index contributed by atoms with van der Waals surface area (Å²) in [5.41, 5.74) is 6.96. The van der Waals surface area contributed by atoms with Gasteiger partial charge in [0.05, 0.1) is 6.61 Å². The minimum Gasteiger partial charge on any atom is -0.493 e. The molecule has 4 nitrogen and oxygen atoms in total. The van der Waals surface area contributed by atoms with E-state index in [-0.39, 0.29) is 24.2 Å². The van der Waals surface area contributed by atoms with Gasteiger partial charge in [-0.3, -0.25) is 4.79 Å². The third kappa shape index (κ3) is 6.33. The van der Waals surface area contributed by atoms with Gasteiger partial charge < -0.3 is 15.8 Å². The van der Waals surface area contributed by atoms with E-state index in [4.69, 9.17) is 10.5 Å². The van der Waals surface area contributed by atoms with Crippen molar-refractivity contribution in [1.29, 1.82) is 0 Å². The summed E-state index contributed by atoms with van der Waals surface area (Å²) in [5, 5.41) is 3.07. The van der Waals surface area contributed by atoms with Crippen LogP contribution in [0, 0.1) is 17.8 Å². The molecule has 0 bridgehead atoms. The molecule has 0 unspecified atom stereocenters. The van der Waals surface area contributed by atoms with Gasteiger partial charge in [0.2, 0.25) is 5.91 Å². The zero-order chi connectivity index (χ0) is 16.7. The Morgan fingerprint density at radius 3 is 2.62 bits per heavy atom. The maximum Gasteiger partial charge on any atom is 0.223 e. The summed E-state index contributed by atoms with van der Waals surface area (Å²) in [6, 6.07) is 8.14. The standard InChI is InChI=1S/C19H30N2O2.ClH/c1-14(2)13-23-17-8-6-15(7-9-17)10-11-21-19(22)18-5-3-4-16(18)12-20;/h6-9,14,16,18H,3-5,10-13,20H2,1-2H3,(H,21,22);1H/t16-,18-;/m1./s1. The second-order valence-corrected chi connectivity index (χ2v) is 6.92. The Morgan fingerprint density at radius 1 is 1.29 bits per heavy atom. The Morgan fingerprint density at radius 2 is 2.00 bits per heavy atom. The molecule has 3 N–H and O–H groups in total. The van der Waals surface area contributed by atoms with Crippen LogP contribution in [-0.4, -0.2) is 25.6 Å². The van der Waals surface area contributed by atoms with Gasteiger partial charge in [-0.1, -0.05) is 32.4 Å². The molecule has 1 saturated carbocycles. The molecule has 136 valence electrons. The van der Waals surface area contributed by atoms with Gasteiger partial charge in [0.15, 0.2) is 0 Å². The number of hydrogen-bond acceptors (Lipinski definition) is 3. The van der Waals surface area contributed by atoms with Crippen molar-refractivity contribution in [1.82, 2.24) is 5.32 Å². The molecule has 5 heteroatoms. The molecule has 1 aromatic rings. The SMILES string of the molecule is CC(C)COc1ccc(CCNC(=O)[C@@H]2CCC[C@@H]2CN)cc1.Cl. The minimum absolute atomic E-state index is 0. The van der Waals surface area contributed by atoms with E-state index in [0.717, 1.165) is 38.0 Å². The molecule has 0 spiro atoms. The number of nitrogens with two attached hydrogens (primary N) is 1. The van der Waals surface area contributed by atoms with E-state index in [2.05, 4.69) is 31.3 Å². The first-order chi connectivity index (χ1) is 11.1. The lowest BCUT2D eigenvalue weighted by Gasteiger charge is -2.17. The fourth-order valence-corrected chi connectivity index (χ4v) is 3.14. The summed E-state index contributed by atoms with van der Waals surface area (Å²) in [5.74, 6) is 2.09. The number of ether oxygens (including phenoxy) is 1.